The van der Waals surface area contributed by atoms with Gasteiger partial charge in [-0.2, -0.15) is 4.73 Å². The second kappa shape index (κ2) is 5.85. The molecule has 0 aliphatic heterocycles. The van der Waals surface area contributed by atoms with E-state index in [0.29, 0.717) is 11.2 Å². The molecule has 0 atom stereocenters. The number of benzene rings is 1. The Morgan fingerprint density at radius 2 is 1.71 bits per heavy atom. The molecule has 1 aromatic heterocycles. The van der Waals surface area contributed by atoms with E-state index in [0.717, 1.165) is 22.3 Å². The highest BCUT2D eigenvalue weighted by molar-refractivity contribution is 7.91. The fraction of sp³-hybridized carbons (Fsp3) is 0.312. The highest BCUT2D eigenvalue weighted by Gasteiger charge is 2.23. The Bertz CT molecular complexity index is 767. The number of aryl methyl sites for hydroxylation is 4. The average molecular weight is 305 g/mol. The second-order valence-electron chi connectivity index (χ2n) is 5.37. The first-order chi connectivity index (χ1) is 9.79. The van der Waals surface area contributed by atoms with Crippen LogP contribution in [0, 0.1) is 26.0 Å². The first kappa shape index (κ1) is 15.5. The van der Waals surface area contributed by atoms with E-state index in [1.54, 1.807) is 13.0 Å². The van der Waals surface area contributed by atoms with Crippen molar-refractivity contribution < 1.29 is 13.1 Å². The van der Waals surface area contributed by atoms with Gasteiger partial charge in [-0.15, -0.1) is 0 Å². The Morgan fingerprint density at radius 1 is 1.05 bits per heavy atom. The smallest absolute Gasteiger partial charge is 0.308 e. The van der Waals surface area contributed by atoms with Gasteiger partial charge in [-0.05, 0) is 44.4 Å². The summed E-state index contributed by atoms with van der Waals surface area (Å²) in [7, 11) is -3.59. The van der Waals surface area contributed by atoms with E-state index < -0.39 is 9.84 Å². The Balaban J connectivity index is 2.24. The van der Waals surface area contributed by atoms with Crippen LogP contribution in [0.4, 0.5) is 0 Å². The molecule has 1 aromatic carbocycles. The van der Waals surface area contributed by atoms with Gasteiger partial charge >= 0.3 is 5.03 Å². The predicted molar refractivity (Wildman–Crippen MR) is 81.8 cm³/mol. The van der Waals surface area contributed by atoms with Crippen LogP contribution in [0.15, 0.2) is 41.6 Å². The summed E-state index contributed by atoms with van der Waals surface area (Å²) in [5, 5.41) is 11.6. The summed E-state index contributed by atoms with van der Waals surface area (Å²) in [6.45, 7) is 5.69. The van der Waals surface area contributed by atoms with Crippen LogP contribution in [-0.4, -0.2) is 14.2 Å². The van der Waals surface area contributed by atoms with Gasteiger partial charge in [-0.1, -0.05) is 23.8 Å². The van der Waals surface area contributed by atoms with Gasteiger partial charge in [0, 0.05) is 11.6 Å². The van der Waals surface area contributed by atoms with Gasteiger partial charge in [-0.3, -0.25) is 0 Å². The molecule has 0 saturated carbocycles. The number of pyridine rings is 1. The van der Waals surface area contributed by atoms with E-state index in [2.05, 4.69) is 0 Å². The standard InChI is InChI=1S/C16H19NO3S/c1-12-4-6-14(3)15(10-12)8-9-21(19,20)16-7-5-13(2)11-17(16)18/h4-7,10-11H,8-9H2,1-3H3. The van der Waals surface area contributed by atoms with Crippen molar-refractivity contribution in [1.29, 1.82) is 0 Å². The Kier molecular flexibility index (Phi) is 4.32. The van der Waals surface area contributed by atoms with Gasteiger partial charge in [0.2, 0.25) is 9.84 Å². The minimum Gasteiger partial charge on any atom is -0.618 e. The van der Waals surface area contributed by atoms with Crippen LogP contribution in [0.25, 0.3) is 0 Å². The lowest BCUT2D eigenvalue weighted by molar-refractivity contribution is -0.646. The van der Waals surface area contributed by atoms with Gasteiger partial charge in [0.05, 0.1) is 5.75 Å². The lowest BCUT2D eigenvalue weighted by Gasteiger charge is -2.08. The molecular formula is C16H19NO3S. The van der Waals surface area contributed by atoms with Gasteiger partial charge in [0.15, 0.2) is 6.20 Å². The third-order valence-electron chi connectivity index (χ3n) is 3.49. The van der Waals surface area contributed by atoms with Crippen LogP contribution in [0.5, 0.6) is 0 Å². The van der Waals surface area contributed by atoms with Crippen LogP contribution >= 0.6 is 0 Å². The van der Waals surface area contributed by atoms with Gasteiger partial charge < -0.3 is 5.21 Å². The van der Waals surface area contributed by atoms with Gasteiger partial charge in [-0.25, -0.2) is 8.42 Å². The summed E-state index contributed by atoms with van der Waals surface area (Å²) in [6.07, 6.45) is 1.69. The molecule has 5 heteroatoms. The molecule has 21 heavy (non-hydrogen) atoms. The van der Waals surface area contributed by atoms with Crippen molar-refractivity contribution in [3.05, 3.63) is 64.0 Å². The first-order valence-corrected chi connectivity index (χ1v) is 8.43. The molecule has 0 saturated heterocycles. The SMILES string of the molecule is Cc1ccc(C)c(CCS(=O)(=O)c2ccc(C)c[n+]2[O-])c1. The molecule has 0 N–H and O–H groups in total. The molecule has 0 spiro atoms. The van der Waals surface area contributed by atoms with Crippen molar-refractivity contribution in [3.63, 3.8) is 0 Å². The summed E-state index contributed by atoms with van der Waals surface area (Å²) < 4.78 is 25.1. The molecular weight excluding hydrogens is 286 g/mol. The summed E-state index contributed by atoms with van der Waals surface area (Å²) >= 11 is 0. The summed E-state index contributed by atoms with van der Waals surface area (Å²) in [4.78, 5) is 0. The molecule has 1 heterocycles. The van der Waals surface area contributed by atoms with Crippen molar-refractivity contribution in [3.8, 4) is 0 Å². The molecule has 0 aliphatic rings. The highest BCUT2D eigenvalue weighted by atomic mass is 32.2. The summed E-state index contributed by atoms with van der Waals surface area (Å²) in [5.41, 5.74) is 3.90. The molecule has 112 valence electrons. The molecule has 0 unspecified atom stereocenters. The van der Waals surface area contributed by atoms with E-state index in [9.17, 15) is 13.6 Å². The Labute approximate surface area is 125 Å². The van der Waals surface area contributed by atoms with Crippen molar-refractivity contribution in [2.75, 3.05) is 5.75 Å². The van der Waals surface area contributed by atoms with Crippen LogP contribution in [0.2, 0.25) is 0 Å². The second-order valence-corrected chi connectivity index (χ2v) is 7.43. The zero-order valence-electron chi connectivity index (χ0n) is 12.5. The molecule has 0 bridgehead atoms. The molecule has 0 aliphatic carbocycles. The Hall–Kier alpha value is -1.88. The highest BCUT2D eigenvalue weighted by Crippen LogP contribution is 2.14. The maximum absolute atomic E-state index is 12.3. The first-order valence-electron chi connectivity index (χ1n) is 6.78. The lowest BCUT2D eigenvalue weighted by atomic mass is 10.0. The van der Waals surface area contributed by atoms with Gasteiger partial charge in [0.25, 0.3) is 0 Å². The van der Waals surface area contributed by atoms with Crippen LogP contribution in [0.1, 0.15) is 22.3 Å². The van der Waals surface area contributed by atoms with Crippen molar-refractivity contribution in [2.45, 2.75) is 32.2 Å². The third kappa shape index (κ3) is 3.61. The quantitative estimate of drug-likeness (QED) is 0.643. The maximum atomic E-state index is 12.3. The number of rotatable bonds is 4. The largest absolute Gasteiger partial charge is 0.618 e. The number of hydrogen-bond donors (Lipinski definition) is 0. The van der Waals surface area contributed by atoms with Crippen LogP contribution in [0.3, 0.4) is 0 Å². The van der Waals surface area contributed by atoms with E-state index in [1.807, 2.05) is 32.0 Å². The van der Waals surface area contributed by atoms with Crippen molar-refractivity contribution in [1.82, 2.24) is 0 Å². The molecule has 4 nitrogen and oxygen atoms in total. The molecule has 2 aromatic rings. The maximum Gasteiger partial charge on any atom is 0.308 e. The van der Waals surface area contributed by atoms with Gasteiger partial charge in [0.1, 0.15) is 0 Å². The normalized spacial score (nSPS) is 11.6. The average Bonchev–Trinajstić information content (AvgIpc) is 2.39. The molecule has 0 radical (unpaired) electrons. The van der Waals surface area contributed by atoms with Crippen LogP contribution < -0.4 is 4.73 Å². The number of nitrogens with zero attached hydrogens (tertiary/aromatic N) is 1. The van der Waals surface area contributed by atoms with Crippen molar-refractivity contribution >= 4 is 9.84 Å². The van der Waals surface area contributed by atoms with E-state index >= 15 is 0 Å². The van der Waals surface area contributed by atoms with Crippen molar-refractivity contribution in [2.24, 2.45) is 0 Å². The van der Waals surface area contributed by atoms with E-state index in [-0.39, 0.29) is 10.8 Å². The van der Waals surface area contributed by atoms with E-state index in [4.69, 9.17) is 0 Å². The minimum absolute atomic E-state index is 0.0669. The lowest BCUT2D eigenvalue weighted by Crippen LogP contribution is -2.35. The molecule has 2 rings (SSSR count). The monoisotopic (exact) mass is 305 g/mol. The zero-order chi connectivity index (χ0) is 15.6. The molecule has 0 amide bonds. The number of hydrogen-bond acceptors (Lipinski definition) is 3. The summed E-state index contributed by atoms with van der Waals surface area (Å²) in [5.74, 6) is -0.0669. The minimum atomic E-state index is -3.59. The topological polar surface area (TPSA) is 61.1 Å². The number of sulfone groups is 1. The fourth-order valence-corrected chi connectivity index (χ4v) is 3.53. The third-order valence-corrected chi connectivity index (χ3v) is 5.19. The number of aromatic nitrogens is 1. The zero-order valence-corrected chi connectivity index (χ0v) is 13.3. The molecule has 0 fully saturated rings. The predicted octanol–water partition coefficient (Wildman–Crippen LogP) is 2.26. The summed E-state index contributed by atoms with van der Waals surface area (Å²) in [6, 6.07) is 8.99. The fourth-order valence-electron chi connectivity index (χ4n) is 2.23. The van der Waals surface area contributed by atoms with E-state index in [1.165, 1.54) is 12.3 Å². The van der Waals surface area contributed by atoms with Crippen LogP contribution in [-0.2, 0) is 16.3 Å². The Morgan fingerprint density at radius 3 is 2.38 bits per heavy atom.